The van der Waals surface area contributed by atoms with Gasteiger partial charge in [-0.15, -0.1) is 24.0 Å². The maximum Gasteiger partial charge on any atom is 0.193 e. The maximum absolute atomic E-state index is 5.45. The van der Waals surface area contributed by atoms with Gasteiger partial charge in [0.15, 0.2) is 5.96 Å². The van der Waals surface area contributed by atoms with Gasteiger partial charge < -0.3 is 15.0 Å². The van der Waals surface area contributed by atoms with Crippen LogP contribution in [-0.4, -0.2) is 44.7 Å². The molecule has 1 aliphatic rings. The van der Waals surface area contributed by atoms with Crippen molar-refractivity contribution in [2.75, 3.05) is 33.9 Å². The Morgan fingerprint density at radius 3 is 2.46 bits per heavy atom. The molecule has 1 atom stereocenters. The molecule has 0 bridgehead atoms. The Balaban J connectivity index is 0.00000288. The largest absolute Gasteiger partial charge is 0.381 e. The van der Waals surface area contributed by atoms with Crippen LogP contribution in [0.15, 0.2) is 29.3 Å². The second-order valence-electron chi connectivity index (χ2n) is 7.46. The molecule has 0 aliphatic carbocycles. The fraction of sp³-hybridized carbons (Fsp3) is 0.632. The van der Waals surface area contributed by atoms with Crippen molar-refractivity contribution in [1.82, 2.24) is 10.2 Å². The van der Waals surface area contributed by atoms with Gasteiger partial charge in [-0.3, -0.25) is 4.99 Å². The molecule has 0 spiro atoms. The molecule has 1 N–H and O–H groups in total. The summed E-state index contributed by atoms with van der Waals surface area (Å²) in [5.41, 5.74) is 2.84. The Hall–Kier alpha value is -0.820. The number of rotatable bonds is 4. The molecule has 1 unspecified atom stereocenters. The highest BCUT2D eigenvalue weighted by atomic mass is 127. The van der Waals surface area contributed by atoms with Crippen LogP contribution in [0, 0.1) is 5.92 Å². The van der Waals surface area contributed by atoms with Crippen LogP contribution in [0.5, 0.6) is 0 Å². The normalized spacial score (nSPS) is 18.2. The summed E-state index contributed by atoms with van der Waals surface area (Å²) in [5, 5.41) is 3.45. The number of benzene rings is 1. The lowest BCUT2D eigenvalue weighted by atomic mass is 9.87. The van der Waals surface area contributed by atoms with Crippen molar-refractivity contribution in [2.45, 2.75) is 39.2 Å². The van der Waals surface area contributed by atoms with Gasteiger partial charge in [0.1, 0.15) is 0 Å². The van der Waals surface area contributed by atoms with Crippen molar-refractivity contribution < 1.29 is 4.74 Å². The molecular formula is C19H32IN3O. The predicted molar refractivity (Wildman–Crippen MR) is 112 cm³/mol. The van der Waals surface area contributed by atoms with Crippen LogP contribution in [0.1, 0.15) is 38.3 Å². The lowest BCUT2D eigenvalue weighted by molar-refractivity contribution is 0.181. The summed E-state index contributed by atoms with van der Waals surface area (Å²) in [4.78, 5) is 6.59. The number of nitrogens with one attached hydrogen (secondary N) is 1. The van der Waals surface area contributed by atoms with E-state index in [0.29, 0.717) is 5.92 Å². The number of halogens is 1. The van der Waals surface area contributed by atoms with E-state index < -0.39 is 0 Å². The van der Waals surface area contributed by atoms with E-state index >= 15 is 0 Å². The summed E-state index contributed by atoms with van der Waals surface area (Å²) in [6.45, 7) is 10.3. The van der Waals surface area contributed by atoms with Crippen LogP contribution in [-0.2, 0) is 16.7 Å². The molecule has 1 aromatic carbocycles. The quantitative estimate of drug-likeness (QED) is 0.437. The van der Waals surface area contributed by atoms with E-state index in [2.05, 4.69) is 67.3 Å². The van der Waals surface area contributed by atoms with Gasteiger partial charge in [-0.2, -0.15) is 0 Å². The van der Waals surface area contributed by atoms with E-state index in [4.69, 9.17) is 4.74 Å². The Labute approximate surface area is 164 Å². The molecule has 1 fully saturated rings. The first-order valence-electron chi connectivity index (χ1n) is 8.49. The summed E-state index contributed by atoms with van der Waals surface area (Å²) in [6.07, 6.45) is 1.15. The highest BCUT2D eigenvalue weighted by Gasteiger charge is 2.19. The smallest absolute Gasteiger partial charge is 0.193 e. The van der Waals surface area contributed by atoms with E-state index in [-0.39, 0.29) is 29.4 Å². The highest BCUT2D eigenvalue weighted by Crippen LogP contribution is 2.22. The molecule has 136 valence electrons. The van der Waals surface area contributed by atoms with Crippen LogP contribution in [0.2, 0.25) is 0 Å². The molecule has 1 heterocycles. The molecule has 0 aromatic heterocycles. The zero-order chi connectivity index (χ0) is 16.9. The minimum absolute atomic E-state index is 0. The Kier molecular flexibility index (Phi) is 8.50. The first kappa shape index (κ1) is 21.2. The first-order valence-corrected chi connectivity index (χ1v) is 8.49. The van der Waals surface area contributed by atoms with E-state index in [9.17, 15) is 0 Å². The van der Waals surface area contributed by atoms with Gasteiger partial charge in [-0.1, -0.05) is 45.0 Å². The van der Waals surface area contributed by atoms with E-state index in [1.165, 1.54) is 11.1 Å². The third kappa shape index (κ3) is 6.24. The Morgan fingerprint density at radius 2 is 1.96 bits per heavy atom. The molecule has 0 radical (unpaired) electrons. The monoisotopic (exact) mass is 445 g/mol. The maximum atomic E-state index is 5.45. The third-order valence-corrected chi connectivity index (χ3v) is 4.40. The Bertz CT molecular complexity index is 516. The molecule has 2 rings (SSSR count). The van der Waals surface area contributed by atoms with Crippen LogP contribution < -0.4 is 5.32 Å². The molecule has 1 aliphatic heterocycles. The zero-order valence-electron chi connectivity index (χ0n) is 15.6. The van der Waals surface area contributed by atoms with Gasteiger partial charge in [0.25, 0.3) is 0 Å². The fourth-order valence-electron chi connectivity index (χ4n) is 2.89. The molecule has 5 heteroatoms. The first-order chi connectivity index (χ1) is 10.9. The van der Waals surface area contributed by atoms with Crippen LogP contribution in [0.4, 0.5) is 0 Å². The van der Waals surface area contributed by atoms with Crippen LogP contribution in [0.25, 0.3) is 0 Å². The second-order valence-corrected chi connectivity index (χ2v) is 7.46. The van der Waals surface area contributed by atoms with E-state index in [0.717, 1.165) is 38.7 Å². The van der Waals surface area contributed by atoms with Crippen molar-refractivity contribution in [1.29, 1.82) is 0 Å². The van der Waals surface area contributed by atoms with Gasteiger partial charge in [-0.05, 0) is 23.0 Å². The number of hydrogen-bond donors (Lipinski definition) is 1. The second kappa shape index (κ2) is 9.61. The average Bonchev–Trinajstić information content (AvgIpc) is 3.00. The molecule has 1 aromatic rings. The summed E-state index contributed by atoms with van der Waals surface area (Å²) in [7, 11) is 3.93. The number of aliphatic imine (C=N–C) groups is 1. The average molecular weight is 445 g/mol. The lowest BCUT2D eigenvalue weighted by Crippen LogP contribution is -2.41. The van der Waals surface area contributed by atoms with Gasteiger partial charge in [0, 0.05) is 39.7 Å². The fourth-order valence-corrected chi connectivity index (χ4v) is 2.89. The molecule has 4 nitrogen and oxygen atoms in total. The van der Waals surface area contributed by atoms with Gasteiger partial charge >= 0.3 is 0 Å². The van der Waals surface area contributed by atoms with Crippen LogP contribution >= 0.6 is 24.0 Å². The topological polar surface area (TPSA) is 36.9 Å². The molecule has 1 saturated heterocycles. The van der Waals surface area contributed by atoms with Crippen molar-refractivity contribution in [3.05, 3.63) is 35.4 Å². The molecule has 0 amide bonds. The SMILES string of the molecule is CN=C(NCc1ccc(C(C)(C)C)cc1)N(C)CC1CCOC1.I. The number of hydrogen-bond acceptors (Lipinski definition) is 2. The van der Waals surface area contributed by atoms with Crippen molar-refractivity contribution in [3.63, 3.8) is 0 Å². The predicted octanol–water partition coefficient (Wildman–Crippen LogP) is 3.65. The van der Waals surface area contributed by atoms with Gasteiger partial charge in [0.05, 0.1) is 6.61 Å². The summed E-state index contributed by atoms with van der Waals surface area (Å²) >= 11 is 0. The zero-order valence-corrected chi connectivity index (χ0v) is 18.0. The minimum Gasteiger partial charge on any atom is -0.381 e. The standard InChI is InChI=1S/C19H31N3O.HI/c1-19(2,3)17-8-6-15(7-9-17)12-21-18(20-4)22(5)13-16-10-11-23-14-16;/h6-9,16H,10-14H2,1-5H3,(H,20,21);1H. The third-order valence-electron chi connectivity index (χ3n) is 4.40. The van der Waals surface area contributed by atoms with Crippen molar-refractivity contribution in [3.8, 4) is 0 Å². The Morgan fingerprint density at radius 1 is 1.29 bits per heavy atom. The van der Waals surface area contributed by atoms with Crippen LogP contribution in [0.3, 0.4) is 0 Å². The van der Waals surface area contributed by atoms with E-state index in [1.54, 1.807) is 0 Å². The molecule has 24 heavy (non-hydrogen) atoms. The highest BCUT2D eigenvalue weighted by molar-refractivity contribution is 14.0. The molecular weight excluding hydrogens is 413 g/mol. The van der Waals surface area contributed by atoms with Crippen molar-refractivity contribution >= 4 is 29.9 Å². The summed E-state index contributed by atoms with van der Waals surface area (Å²) in [5.74, 6) is 1.56. The van der Waals surface area contributed by atoms with Gasteiger partial charge in [0.2, 0.25) is 0 Å². The number of nitrogens with zero attached hydrogens (tertiary/aromatic N) is 2. The summed E-state index contributed by atoms with van der Waals surface area (Å²) < 4.78 is 5.45. The summed E-state index contributed by atoms with van der Waals surface area (Å²) in [6, 6.07) is 8.84. The minimum atomic E-state index is 0. The molecule has 0 saturated carbocycles. The number of ether oxygens (including phenoxy) is 1. The lowest BCUT2D eigenvalue weighted by Gasteiger charge is -2.24. The number of guanidine groups is 1. The van der Waals surface area contributed by atoms with Gasteiger partial charge in [-0.25, -0.2) is 0 Å². The van der Waals surface area contributed by atoms with Crippen molar-refractivity contribution in [2.24, 2.45) is 10.9 Å². The van der Waals surface area contributed by atoms with E-state index in [1.807, 2.05) is 7.05 Å².